The van der Waals surface area contributed by atoms with Crippen molar-refractivity contribution < 1.29 is 8.42 Å². The molecule has 0 spiro atoms. The molecule has 0 radical (unpaired) electrons. The summed E-state index contributed by atoms with van der Waals surface area (Å²) in [5.74, 6) is 1.67. The van der Waals surface area contributed by atoms with Crippen molar-refractivity contribution in [1.82, 2.24) is 15.3 Å². The molecule has 2 N–H and O–H groups in total. The van der Waals surface area contributed by atoms with Crippen LogP contribution >= 0.6 is 0 Å². The molecule has 1 unspecified atom stereocenters. The largest absolute Gasteiger partial charge is 0.347 e. The van der Waals surface area contributed by atoms with Crippen LogP contribution < -0.4 is 5.32 Å². The normalized spacial score (nSPS) is 20.6. The average molecular weight is 416 g/mol. The Morgan fingerprint density at radius 3 is 2.21 bits per heavy atom. The summed E-state index contributed by atoms with van der Waals surface area (Å²) in [7, 11) is -3.18. The fourth-order valence-electron chi connectivity index (χ4n) is 4.95. The van der Waals surface area contributed by atoms with Gasteiger partial charge in [-0.15, -0.1) is 0 Å². The summed E-state index contributed by atoms with van der Waals surface area (Å²) in [6, 6.07) is 7.90. The van der Waals surface area contributed by atoms with Gasteiger partial charge in [0.25, 0.3) is 0 Å². The van der Waals surface area contributed by atoms with Crippen LogP contribution in [0.2, 0.25) is 0 Å². The molecule has 1 aromatic carbocycles. The molecular formula is C23H33N3O2S. The number of sulfone groups is 1. The van der Waals surface area contributed by atoms with Crippen LogP contribution in [-0.2, 0) is 9.84 Å². The number of rotatable bonds is 6. The van der Waals surface area contributed by atoms with E-state index >= 15 is 0 Å². The van der Waals surface area contributed by atoms with Gasteiger partial charge in [-0.05, 0) is 43.7 Å². The average Bonchev–Trinajstić information content (AvgIpc) is 3.23. The molecule has 2 aliphatic rings. The zero-order valence-corrected chi connectivity index (χ0v) is 18.2. The summed E-state index contributed by atoms with van der Waals surface area (Å²) in [5, 5.41) is 3.96. The van der Waals surface area contributed by atoms with Crippen LogP contribution in [0.3, 0.4) is 0 Å². The Kier molecular flexibility index (Phi) is 6.40. The monoisotopic (exact) mass is 415 g/mol. The van der Waals surface area contributed by atoms with E-state index in [1.165, 1.54) is 70.5 Å². The van der Waals surface area contributed by atoms with Gasteiger partial charge in [0, 0.05) is 24.1 Å². The molecule has 0 saturated heterocycles. The summed E-state index contributed by atoms with van der Waals surface area (Å²) in [6.07, 6.45) is 16.3. The van der Waals surface area contributed by atoms with Gasteiger partial charge in [0.15, 0.2) is 9.84 Å². The third-order valence-electron chi connectivity index (χ3n) is 6.61. The van der Waals surface area contributed by atoms with E-state index in [-0.39, 0.29) is 6.04 Å². The smallest absolute Gasteiger partial charge is 0.175 e. The number of aromatic amines is 1. The van der Waals surface area contributed by atoms with Gasteiger partial charge in [-0.1, -0.05) is 50.7 Å². The van der Waals surface area contributed by atoms with Crippen molar-refractivity contribution in [3.63, 3.8) is 0 Å². The zero-order chi connectivity index (χ0) is 20.3. The van der Waals surface area contributed by atoms with Gasteiger partial charge in [-0.3, -0.25) is 0 Å². The van der Waals surface area contributed by atoms with Crippen LogP contribution in [-0.4, -0.2) is 30.7 Å². The molecule has 0 amide bonds. The second kappa shape index (κ2) is 9.00. The number of aromatic nitrogens is 2. The molecule has 2 fully saturated rings. The third-order valence-corrected chi connectivity index (χ3v) is 7.74. The predicted molar refractivity (Wildman–Crippen MR) is 116 cm³/mol. The van der Waals surface area contributed by atoms with Crippen molar-refractivity contribution in [3.8, 4) is 11.3 Å². The molecule has 0 bridgehead atoms. The number of benzene rings is 1. The molecule has 2 saturated carbocycles. The number of nitrogens with one attached hydrogen (secondary N) is 2. The number of hydrogen-bond acceptors (Lipinski definition) is 4. The van der Waals surface area contributed by atoms with Crippen molar-refractivity contribution in [2.75, 3.05) is 6.26 Å². The molecule has 1 aromatic heterocycles. The van der Waals surface area contributed by atoms with Gasteiger partial charge >= 0.3 is 0 Å². The minimum atomic E-state index is -3.18. The highest BCUT2D eigenvalue weighted by Crippen LogP contribution is 2.35. The summed E-state index contributed by atoms with van der Waals surface area (Å²) in [6.45, 7) is 0. The molecule has 0 aliphatic heterocycles. The number of hydrogen-bond donors (Lipinski definition) is 2. The Labute approximate surface area is 174 Å². The summed E-state index contributed by atoms with van der Waals surface area (Å²) in [4.78, 5) is 8.73. The van der Waals surface area contributed by atoms with Crippen LogP contribution in [0, 0.1) is 5.92 Å². The molecular weight excluding hydrogens is 382 g/mol. The lowest BCUT2D eigenvalue weighted by Crippen LogP contribution is -2.39. The standard InChI is InChI=1S/C23H33N3O2S/c1-29(27,28)20-14-12-17(13-15-20)21-16-24-23(26-21)22(18-8-4-2-5-9-18)25-19-10-6-3-7-11-19/h12-16,18-19,22,25H,2-11H2,1H3,(H,24,26). The highest BCUT2D eigenvalue weighted by Gasteiger charge is 2.30. The Morgan fingerprint density at radius 1 is 0.966 bits per heavy atom. The second-order valence-corrected chi connectivity index (χ2v) is 10.9. The first-order valence-electron chi connectivity index (χ1n) is 11.1. The molecule has 6 heteroatoms. The van der Waals surface area contributed by atoms with Gasteiger partial charge in [-0.25, -0.2) is 13.4 Å². The van der Waals surface area contributed by atoms with Crippen LogP contribution in [0.15, 0.2) is 35.4 Å². The van der Waals surface area contributed by atoms with Crippen molar-refractivity contribution in [3.05, 3.63) is 36.3 Å². The van der Waals surface area contributed by atoms with Crippen molar-refractivity contribution >= 4 is 9.84 Å². The Balaban J connectivity index is 1.55. The van der Waals surface area contributed by atoms with Gasteiger partial charge in [0.2, 0.25) is 0 Å². The zero-order valence-electron chi connectivity index (χ0n) is 17.4. The lowest BCUT2D eigenvalue weighted by molar-refractivity contribution is 0.227. The lowest BCUT2D eigenvalue weighted by atomic mass is 9.82. The van der Waals surface area contributed by atoms with Crippen molar-refractivity contribution in [2.24, 2.45) is 5.92 Å². The topological polar surface area (TPSA) is 74.8 Å². The molecule has 4 rings (SSSR count). The molecule has 29 heavy (non-hydrogen) atoms. The fourth-order valence-corrected chi connectivity index (χ4v) is 5.58. The first kappa shape index (κ1) is 20.6. The Bertz CT molecular complexity index is 892. The van der Waals surface area contributed by atoms with Gasteiger partial charge < -0.3 is 10.3 Å². The van der Waals surface area contributed by atoms with E-state index in [1.807, 2.05) is 18.3 Å². The summed E-state index contributed by atoms with van der Waals surface area (Å²) < 4.78 is 23.4. The minimum absolute atomic E-state index is 0.280. The molecule has 2 aliphatic carbocycles. The van der Waals surface area contributed by atoms with Gasteiger partial charge in [0.1, 0.15) is 5.82 Å². The van der Waals surface area contributed by atoms with E-state index in [0.717, 1.165) is 17.1 Å². The molecule has 1 atom stereocenters. The number of nitrogens with zero attached hydrogens (tertiary/aromatic N) is 1. The second-order valence-electron chi connectivity index (χ2n) is 8.84. The molecule has 158 valence electrons. The van der Waals surface area contributed by atoms with E-state index in [0.29, 0.717) is 16.9 Å². The first-order chi connectivity index (χ1) is 14.0. The van der Waals surface area contributed by atoms with E-state index in [4.69, 9.17) is 4.98 Å². The maximum Gasteiger partial charge on any atom is 0.175 e. The predicted octanol–water partition coefficient (Wildman–Crippen LogP) is 5.02. The summed E-state index contributed by atoms with van der Waals surface area (Å²) in [5.41, 5.74) is 1.83. The van der Waals surface area contributed by atoms with E-state index in [9.17, 15) is 8.42 Å². The minimum Gasteiger partial charge on any atom is -0.347 e. The van der Waals surface area contributed by atoms with Crippen LogP contribution in [0.25, 0.3) is 11.3 Å². The Morgan fingerprint density at radius 2 is 1.59 bits per heavy atom. The quantitative estimate of drug-likeness (QED) is 0.694. The molecule has 1 heterocycles. The maximum absolute atomic E-state index is 11.7. The van der Waals surface area contributed by atoms with Gasteiger partial charge in [0.05, 0.1) is 16.6 Å². The van der Waals surface area contributed by atoms with Crippen molar-refractivity contribution in [2.45, 2.75) is 81.2 Å². The number of H-pyrrole nitrogens is 1. The van der Waals surface area contributed by atoms with Crippen molar-refractivity contribution in [1.29, 1.82) is 0 Å². The third kappa shape index (κ3) is 5.10. The SMILES string of the molecule is CS(=O)(=O)c1ccc(-c2c[nH]c(C(NC3CCCCC3)C3CCCCC3)n2)cc1. The highest BCUT2D eigenvalue weighted by molar-refractivity contribution is 7.90. The van der Waals surface area contributed by atoms with E-state index in [2.05, 4.69) is 10.3 Å². The maximum atomic E-state index is 11.7. The lowest BCUT2D eigenvalue weighted by Gasteiger charge is -2.34. The van der Waals surface area contributed by atoms with Crippen LogP contribution in [0.5, 0.6) is 0 Å². The number of imidazole rings is 1. The summed E-state index contributed by atoms with van der Waals surface area (Å²) >= 11 is 0. The van der Waals surface area contributed by atoms with E-state index in [1.54, 1.807) is 12.1 Å². The van der Waals surface area contributed by atoms with E-state index < -0.39 is 9.84 Å². The highest BCUT2D eigenvalue weighted by atomic mass is 32.2. The fraction of sp³-hybridized carbons (Fsp3) is 0.609. The first-order valence-corrected chi connectivity index (χ1v) is 13.0. The Hall–Kier alpha value is -1.66. The van der Waals surface area contributed by atoms with Crippen LogP contribution in [0.1, 0.15) is 76.1 Å². The van der Waals surface area contributed by atoms with Gasteiger partial charge in [-0.2, -0.15) is 0 Å². The molecule has 2 aromatic rings. The van der Waals surface area contributed by atoms with Crippen LogP contribution in [0.4, 0.5) is 0 Å². The molecule has 5 nitrogen and oxygen atoms in total.